The molecule has 1 aliphatic heterocycles. The zero-order valence-corrected chi connectivity index (χ0v) is 12.0. The van der Waals surface area contributed by atoms with Crippen LogP contribution in [0.3, 0.4) is 0 Å². The number of halogens is 1. The van der Waals surface area contributed by atoms with Gasteiger partial charge in [0, 0.05) is 29.6 Å². The summed E-state index contributed by atoms with van der Waals surface area (Å²) < 4.78 is 0. The van der Waals surface area contributed by atoms with Crippen LogP contribution in [-0.2, 0) is 4.79 Å². The highest BCUT2D eigenvalue weighted by Crippen LogP contribution is 2.24. The quantitative estimate of drug-likeness (QED) is 0.852. The Kier molecular flexibility index (Phi) is 4.25. The van der Waals surface area contributed by atoms with Crippen molar-refractivity contribution in [2.45, 2.75) is 39.2 Å². The maximum absolute atomic E-state index is 12.5. The van der Waals surface area contributed by atoms with Gasteiger partial charge in [-0.3, -0.25) is 9.59 Å². The Morgan fingerprint density at radius 3 is 2.74 bits per heavy atom. The number of aryl methyl sites for hydroxylation is 1. The van der Waals surface area contributed by atoms with Crippen LogP contribution in [0.25, 0.3) is 0 Å². The summed E-state index contributed by atoms with van der Waals surface area (Å²) in [6.07, 6.45) is 2.32. The predicted octanol–water partition coefficient (Wildman–Crippen LogP) is 3.23. The molecule has 1 heterocycles. The molecule has 0 saturated carbocycles. The number of hydrogen-bond donors (Lipinski definition) is 0. The minimum Gasteiger partial charge on any atom is -0.335 e. The van der Waals surface area contributed by atoms with Gasteiger partial charge in [-0.1, -0.05) is 11.6 Å². The van der Waals surface area contributed by atoms with Crippen molar-refractivity contribution < 1.29 is 9.59 Å². The summed E-state index contributed by atoms with van der Waals surface area (Å²) >= 11 is 6.00. The third-order valence-corrected chi connectivity index (χ3v) is 3.67. The van der Waals surface area contributed by atoms with E-state index in [9.17, 15) is 9.59 Å². The van der Waals surface area contributed by atoms with E-state index in [1.807, 2.05) is 24.0 Å². The lowest BCUT2D eigenvalue weighted by Crippen LogP contribution is -2.36. The molecule has 4 heteroatoms. The minimum atomic E-state index is -0.0191. The molecule has 1 fully saturated rings. The second-order valence-electron chi connectivity index (χ2n) is 5.22. The Morgan fingerprint density at radius 1 is 1.37 bits per heavy atom. The topological polar surface area (TPSA) is 37.4 Å². The first kappa shape index (κ1) is 14.1. The van der Waals surface area contributed by atoms with Crippen LogP contribution in [0.4, 0.5) is 0 Å². The summed E-state index contributed by atoms with van der Waals surface area (Å²) in [5, 5.41) is 0.575. The number of nitrogens with zero attached hydrogens (tertiary/aromatic N) is 1. The van der Waals surface area contributed by atoms with Crippen LogP contribution in [-0.4, -0.2) is 29.2 Å². The van der Waals surface area contributed by atoms with Crippen LogP contribution >= 0.6 is 11.6 Å². The van der Waals surface area contributed by atoms with Gasteiger partial charge < -0.3 is 4.90 Å². The van der Waals surface area contributed by atoms with Crippen LogP contribution < -0.4 is 0 Å². The molecule has 1 aliphatic rings. The van der Waals surface area contributed by atoms with Gasteiger partial charge in [0.1, 0.15) is 5.78 Å². The van der Waals surface area contributed by atoms with Gasteiger partial charge in [0.05, 0.1) is 0 Å². The standard InChI is InChI=1S/C15H18ClNO2/c1-10-6-12(9-13(16)7-10)15(19)17-5-3-4-14(17)8-11(2)18/h6-7,9,14H,3-5,8H2,1-2H3. The van der Waals surface area contributed by atoms with Crippen molar-refractivity contribution >= 4 is 23.3 Å². The lowest BCUT2D eigenvalue weighted by molar-refractivity contribution is -0.117. The molecule has 0 bridgehead atoms. The highest BCUT2D eigenvalue weighted by molar-refractivity contribution is 6.31. The second-order valence-corrected chi connectivity index (χ2v) is 5.65. The third kappa shape index (κ3) is 3.35. The van der Waals surface area contributed by atoms with E-state index in [1.54, 1.807) is 13.0 Å². The summed E-state index contributed by atoms with van der Waals surface area (Å²) in [7, 11) is 0. The van der Waals surface area contributed by atoms with Gasteiger partial charge in [-0.25, -0.2) is 0 Å². The number of benzene rings is 1. The molecule has 102 valence electrons. The van der Waals surface area contributed by atoms with E-state index in [1.165, 1.54) is 0 Å². The molecule has 0 radical (unpaired) electrons. The molecule has 1 aromatic rings. The second kappa shape index (κ2) is 5.74. The van der Waals surface area contributed by atoms with Gasteiger partial charge in [-0.05, 0) is 50.5 Å². The highest BCUT2D eigenvalue weighted by atomic mass is 35.5. The third-order valence-electron chi connectivity index (χ3n) is 3.45. The van der Waals surface area contributed by atoms with Crippen molar-refractivity contribution in [3.63, 3.8) is 0 Å². The summed E-state index contributed by atoms with van der Waals surface area (Å²) in [5.41, 5.74) is 1.58. The highest BCUT2D eigenvalue weighted by Gasteiger charge is 2.30. The molecule has 2 rings (SSSR count). The molecule has 1 atom stereocenters. The Hall–Kier alpha value is -1.35. The first-order chi connectivity index (χ1) is 8.97. The number of carbonyl (C=O) groups is 2. The average Bonchev–Trinajstić information content (AvgIpc) is 2.73. The predicted molar refractivity (Wildman–Crippen MR) is 75.5 cm³/mol. The zero-order valence-electron chi connectivity index (χ0n) is 11.3. The largest absolute Gasteiger partial charge is 0.335 e. The van der Waals surface area contributed by atoms with Gasteiger partial charge in [0.15, 0.2) is 0 Å². The van der Waals surface area contributed by atoms with Crippen molar-refractivity contribution in [1.29, 1.82) is 0 Å². The number of carbonyl (C=O) groups excluding carboxylic acids is 2. The maximum atomic E-state index is 12.5. The normalized spacial score (nSPS) is 18.7. The summed E-state index contributed by atoms with van der Waals surface area (Å²) in [6.45, 7) is 4.21. The van der Waals surface area contributed by atoms with Crippen molar-refractivity contribution in [3.8, 4) is 0 Å². The monoisotopic (exact) mass is 279 g/mol. The Morgan fingerprint density at radius 2 is 2.11 bits per heavy atom. The van der Waals surface area contributed by atoms with Gasteiger partial charge in [-0.15, -0.1) is 0 Å². The average molecular weight is 280 g/mol. The zero-order chi connectivity index (χ0) is 14.0. The lowest BCUT2D eigenvalue weighted by atomic mass is 10.1. The van der Waals surface area contributed by atoms with Crippen LogP contribution in [0.2, 0.25) is 5.02 Å². The van der Waals surface area contributed by atoms with Gasteiger partial charge in [-0.2, -0.15) is 0 Å². The van der Waals surface area contributed by atoms with Crippen molar-refractivity contribution in [2.75, 3.05) is 6.54 Å². The Balaban J connectivity index is 2.20. The SMILES string of the molecule is CC(=O)CC1CCCN1C(=O)c1cc(C)cc(Cl)c1. The van der Waals surface area contributed by atoms with E-state index in [2.05, 4.69) is 0 Å². The molecule has 1 unspecified atom stereocenters. The fourth-order valence-corrected chi connectivity index (χ4v) is 2.96. The molecule has 1 aromatic carbocycles. The fourth-order valence-electron chi connectivity index (χ4n) is 2.67. The van der Waals surface area contributed by atoms with E-state index in [0.29, 0.717) is 17.0 Å². The number of amides is 1. The Labute approximate surface area is 118 Å². The van der Waals surface area contributed by atoms with Crippen molar-refractivity contribution in [1.82, 2.24) is 4.90 Å². The lowest BCUT2D eigenvalue weighted by Gasteiger charge is -2.24. The fraction of sp³-hybridized carbons (Fsp3) is 0.467. The van der Waals surface area contributed by atoms with E-state index >= 15 is 0 Å². The first-order valence-electron chi connectivity index (χ1n) is 6.55. The first-order valence-corrected chi connectivity index (χ1v) is 6.93. The number of likely N-dealkylation sites (tertiary alicyclic amines) is 1. The van der Waals surface area contributed by atoms with Crippen LogP contribution in [0.15, 0.2) is 18.2 Å². The summed E-state index contributed by atoms with van der Waals surface area (Å²) in [4.78, 5) is 25.6. The van der Waals surface area contributed by atoms with E-state index < -0.39 is 0 Å². The maximum Gasteiger partial charge on any atom is 0.254 e. The van der Waals surface area contributed by atoms with Gasteiger partial charge in [0.2, 0.25) is 0 Å². The molecule has 0 spiro atoms. The van der Waals surface area contributed by atoms with Crippen LogP contribution in [0.5, 0.6) is 0 Å². The molecule has 0 aliphatic carbocycles. The van der Waals surface area contributed by atoms with Crippen LogP contribution in [0.1, 0.15) is 42.1 Å². The molecular weight excluding hydrogens is 262 g/mol. The number of rotatable bonds is 3. The van der Waals surface area contributed by atoms with E-state index in [0.717, 1.165) is 24.9 Å². The Bertz CT molecular complexity index is 493. The van der Waals surface area contributed by atoms with Crippen molar-refractivity contribution in [2.24, 2.45) is 0 Å². The number of Topliss-reactive ketones (excluding diaryl/α,β-unsaturated/α-hetero) is 1. The molecule has 3 nitrogen and oxygen atoms in total. The van der Waals surface area contributed by atoms with E-state index in [-0.39, 0.29) is 17.7 Å². The molecule has 19 heavy (non-hydrogen) atoms. The summed E-state index contributed by atoms with van der Waals surface area (Å²) in [5.74, 6) is 0.112. The molecule has 0 N–H and O–H groups in total. The van der Waals surface area contributed by atoms with Gasteiger partial charge in [0.25, 0.3) is 5.91 Å². The van der Waals surface area contributed by atoms with Crippen LogP contribution in [0, 0.1) is 6.92 Å². The van der Waals surface area contributed by atoms with Crippen molar-refractivity contribution in [3.05, 3.63) is 34.3 Å². The molecular formula is C15H18ClNO2. The molecule has 0 aromatic heterocycles. The minimum absolute atomic E-state index is 0.0191. The number of ketones is 1. The summed E-state index contributed by atoms with van der Waals surface area (Å²) in [6, 6.07) is 5.41. The smallest absolute Gasteiger partial charge is 0.254 e. The molecule has 1 amide bonds. The van der Waals surface area contributed by atoms with Gasteiger partial charge >= 0.3 is 0 Å². The van der Waals surface area contributed by atoms with E-state index in [4.69, 9.17) is 11.6 Å². The molecule has 1 saturated heterocycles. The number of hydrogen-bond acceptors (Lipinski definition) is 2.